The molecule has 0 aliphatic heterocycles. The van der Waals surface area contributed by atoms with Crippen LogP contribution in [0.5, 0.6) is 0 Å². The molecule has 0 aliphatic carbocycles. The predicted octanol–water partition coefficient (Wildman–Crippen LogP) is 1.95. The summed E-state index contributed by atoms with van der Waals surface area (Å²) in [6.07, 6.45) is 2.97. The molecule has 1 aromatic heterocycles. The first kappa shape index (κ1) is 10.1. The lowest BCUT2D eigenvalue weighted by molar-refractivity contribution is 0.602. The Labute approximate surface area is 88.7 Å². The molecule has 15 heavy (non-hydrogen) atoms. The topological polar surface area (TPSA) is 47.0 Å². The molecular weight excluding hydrogens is 210 g/mol. The van der Waals surface area contributed by atoms with Crippen molar-refractivity contribution in [2.75, 3.05) is 6.26 Å². The zero-order valence-corrected chi connectivity index (χ0v) is 9.38. The molecule has 3 nitrogen and oxygen atoms in total. The Morgan fingerprint density at radius 2 is 1.93 bits per heavy atom. The fraction of sp³-hybridized carbons (Fsp3) is 0.182. The van der Waals surface area contributed by atoms with E-state index in [0.717, 1.165) is 16.5 Å². The summed E-state index contributed by atoms with van der Waals surface area (Å²) in [5, 5.41) is 0.859. The van der Waals surface area contributed by atoms with E-state index in [1.165, 1.54) is 6.26 Å². The molecule has 0 unspecified atom stereocenters. The molecule has 1 heterocycles. The summed E-state index contributed by atoms with van der Waals surface area (Å²) >= 11 is 0. The SMILES string of the molecule is Cc1cnc2ccc(S(C)(=O)=O)cc2c1. The van der Waals surface area contributed by atoms with Gasteiger partial charge in [0.15, 0.2) is 9.84 Å². The summed E-state index contributed by atoms with van der Waals surface area (Å²) in [5.74, 6) is 0. The molecule has 2 aromatic rings. The molecule has 0 atom stereocenters. The Kier molecular flexibility index (Phi) is 2.23. The van der Waals surface area contributed by atoms with Gasteiger partial charge in [-0.25, -0.2) is 8.42 Å². The number of nitrogens with zero attached hydrogens (tertiary/aromatic N) is 1. The molecule has 0 spiro atoms. The summed E-state index contributed by atoms with van der Waals surface area (Å²) in [4.78, 5) is 4.54. The van der Waals surface area contributed by atoms with E-state index in [-0.39, 0.29) is 0 Å². The van der Waals surface area contributed by atoms with E-state index >= 15 is 0 Å². The Hall–Kier alpha value is -1.42. The maximum absolute atomic E-state index is 11.3. The number of aryl methyl sites for hydroxylation is 1. The van der Waals surface area contributed by atoms with Gasteiger partial charge in [0.25, 0.3) is 0 Å². The van der Waals surface area contributed by atoms with Gasteiger partial charge < -0.3 is 0 Å². The van der Waals surface area contributed by atoms with Crippen molar-refractivity contribution < 1.29 is 8.42 Å². The van der Waals surface area contributed by atoms with Crippen LogP contribution in [0, 0.1) is 6.92 Å². The standard InChI is InChI=1S/C11H11NO2S/c1-8-5-9-6-10(15(2,13)14)3-4-11(9)12-7-8/h3-7H,1-2H3. The summed E-state index contributed by atoms with van der Waals surface area (Å²) in [6, 6.07) is 6.90. The normalized spacial score (nSPS) is 11.9. The zero-order chi connectivity index (χ0) is 11.1. The van der Waals surface area contributed by atoms with Crippen LogP contribution in [0.2, 0.25) is 0 Å². The summed E-state index contributed by atoms with van der Waals surface area (Å²) in [7, 11) is -3.13. The highest BCUT2D eigenvalue weighted by atomic mass is 32.2. The fourth-order valence-corrected chi connectivity index (χ4v) is 2.11. The fourth-order valence-electron chi connectivity index (χ4n) is 1.45. The van der Waals surface area contributed by atoms with Gasteiger partial charge in [-0.05, 0) is 36.8 Å². The first-order valence-electron chi connectivity index (χ1n) is 4.53. The Morgan fingerprint density at radius 1 is 1.20 bits per heavy atom. The van der Waals surface area contributed by atoms with Gasteiger partial charge in [-0.15, -0.1) is 0 Å². The summed E-state index contributed by atoms with van der Waals surface area (Å²) < 4.78 is 22.7. The van der Waals surface area contributed by atoms with Crippen LogP contribution in [0.25, 0.3) is 10.9 Å². The van der Waals surface area contributed by atoms with Crippen LogP contribution in [-0.4, -0.2) is 19.7 Å². The number of aromatic nitrogens is 1. The molecule has 1 aromatic carbocycles. The van der Waals surface area contributed by atoms with Crippen molar-refractivity contribution in [3.05, 3.63) is 36.0 Å². The minimum atomic E-state index is -3.13. The van der Waals surface area contributed by atoms with E-state index in [1.807, 2.05) is 13.0 Å². The number of pyridine rings is 1. The average molecular weight is 221 g/mol. The van der Waals surface area contributed by atoms with Crippen LogP contribution in [0.4, 0.5) is 0 Å². The molecule has 0 bridgehead atoms. The molecule has 0 saturated heterocycles. The van der Waals surface area contributed by atoms with Crippen LogP contribution in [0.1, 0.15) is 5.56 Å². The van der Waals surface area contributed by atoms with Gasteiger partial charge in [-0.2, -0.15) is 0 Å². The van der Waals surface area contributed by atoms with Crippen molar-refractivity contribution >= 4 is 20.7 Å². The van der Waals surface area contributed by atoms with Gasteiger partial charge in [0.2, 0.25) is 0 Å². The Balaban J connectivity index is 2.75. The molecule has 0 radical (unpaired) electrons. The van der Waals surface area contributed by atoms with E-state index in [4.69, 9.17) is 0 Å². The van der Waals surface area contributed by atoms with E-state index in [9.17, 15) is 8.42 Å². The van der Waals surface area contributed by atoms with Crippen molar-refractivity contribution in [1.29, 1.82) is 0 Å². The van der Waals surface area contributed by atoms with Crippen molar-refractivity contribution in [2.24, 2.45) is 0 Å². The molecule has 78 valence electrons. The number of hydrogen-bond donors (Lipinski definition) is 0. The van der Waals surface area contributed by atoms with E-state index < -0.39 is 9.84 Å². The minimum Gasteiger partial charge on any atom is -0.256 e. The second-order valence-corrected chi connectivity index (χ2v) is 5.66. The second-order valence-electron chi connectivity index (χ2n) is 3.64. The lowest BCUT2D eigenvalue weighted by atomic mass is 10.2. The number of sulfone groups is 1. The molecule has 0 aliphatic rings. The lowest BCUT2D eigenvalue weighted by Gasteiger charge is -2.01. The monoisotopic (exact) mass is 221 g/mol. The summed E-state index contributed by atoms with van der Waals surface area (Å²) in [6.45, 7) is 1.93. The van der Waals surface area contributed by atoms with Gasteiger partial charge in [-0.3, -0.25) is 4.98 Å². The van der Waals surface area contributed by atoms with Crippen LogP contribution in [0.3, 0.4) is 0 Å². The maximum atomic E-state index is 11.3. The smallest absolute Gasteiger partial charge is 0.175 e. The van der Waals surface area contributed by atoms with Gasteiger partial charge in [0.1, 0.15) is 0 Å². The maximum Gasteiger partial charge on any atom is 0.175 e. The van der Waals surface area contributed by atoms with E-state index in [1.54, 1.807) is 24.4 Å². The largest absolute Gasteiger partial charge is 0.256 e. The molecule has 0 N–H and O–H groups in total. The lowest BCUT2D eigenvalue weighted by Crippen LogP contribution is -1.96. The van der Waals surface area contributed by atoms with Crippen molar-refractivity contribution in [3.8, 4) is 0 Å². The van der Waals surface area contributed by atoms with Crippen molar-refractivity contribution in [3.63, 3.8) is 0 Å². The van der Waals surface area contributed by atoms with Crippen LogP contribution in [-0.2, 0) is 9.84 Å². The summed E-state index contributed by atoms with van der Waals surface area (Å²) in [5.41, 5.74) is 1.83. The highest BCUT2D eigenvalue weighted by molar-refractivity contribution is 7.90. The van der Waals surface area contributed by atoms with E-state index in [0.29, 0.717) is 4.90 Å². The first-order chi connectivity index (χ1) is 6.97. The van der Waals surface area contributed by atoms with Gasteiger partial charge in [0.05, 0.1) is 10.4 Å². The Bertz CT molecular complexity index is 618. The van der Waals surface area contributed by atoms with Crippen molar-refractivity contribution in [2.45, 2.75) is 11.8 Å². The van der Waals surface area contributed by atoms with Crippen LogP contribution < -0.4 is 0 Å². The predicted molar refractivity (Wildman–Crippen MR) is 59.6 cm³/mol. The number of benzene rings is 1. The van der Waals surface area contributed by atoms with Gasteiger partial charge >= 0.3 is 0 Å². The molecule has 0 saturated carbocycles. The average Bonchev–Trinajstić information content (AvgIpc) is 2.15. The third kappa shape index (κ3) is 1.99. The highest BCUT2D eigenvalue weighted by Crippen LogP contribution is 2.18. The number of rotatable bonds is 1. The molecule has 0 fully saturated rings. The number of fused-ring (bicyclic) bond motifs is 1. The van der Waals surface area contributed by atoms with Gasteiger partial charge in [-0.1, -0.05) is 0 Å². The zero-order valence-electron chi connectivity index (χ0n) is 8.56. The minimum absolute atomic E-state index is 0.336. The Morgan fingerprint density at radius 3 is 2.60 bits per heavy atom. The van der Waals surface area contributed by atoms with Crippen molar-refractivity contribution in [1.82, 2.24) is 4.98 Å². The quantitative estimate of drug-likeness (QED) is 0.739. The van der Waals surface area contributed by atoms with Crippen LogP contribution in [0.15, 0.2) is 35.4 Å². The van der Waals surface area contributed by atoms with Crippen LogP contribution >= 0.6 is 0 Å². The first-order valence-corrected chi connectivity index (χ1v) is 6.42. The third-order valence-corrected chi connectivity index (χ3v) is 3.33. The third-order valence-electron chi connectivity index (χ3n) is 2.22. The highest BCUT2D eigenvalue weighted by Gasteiger charge is 2.07. The van der Waals surface area contributed by atoms with Gasteiger partial charge in [0, 0.05) is 17.8 Å². The van der Waals surface area contributed by atoms with E-state index in [2.05, 4.69) is 4.98 Å². The molecular formula is C11H11NO2S. The molecule has 2 rings (SSSR count). The second kappa shape index (κ2) is 3.31. The number of hydrogen-bond acceptors (Lipinski definition) is 3. The molecule has 4 heteroatoms. The molecule has 0 amide bonds.